The van der Waals surface area contributed by atoms with Crippen LogP contribution in [0.3, 0.4) is 0 Å². The highest BCUT2D eigenvalue weighted by molar-refractivity contribution is 5.29. The van der Waals surface area contributed by atoms with Crippen molar-refractivity contribution < 1.29 is 0 Å². The Hall–Kier alpha value is -1.36. The van der Waals surface area contributed by atoms with Crippen molar-refractivity contribution in [3.63, 3.8) is 0 Å². The number of rotatable bonds is 0. The van der Waals surface area contributed by atoms with E-state index in [0.717, 1.165) is 12.0 Å². The van der Waals surface area contributed by atoms with Gasteiger partial charge in [-0.15, -0.1) is 0 Å². The maximum atomic E-state index is 3.69. The lowest BCUT2D eigenvalue weighted by Crippen LogP contribution is -1.79. The van der Waals surface area contributed by atoms with Crippen LogP contribution in [-0.2, 0) is 0 Å². The third-order valence-electron chi connectivity index (χ3n) is 0.994. The minimum absolute atomic E-state index is 0.877. The van der Waals surface area contributed by atoms with Gasteiger partial charge in [-0.1, -0.05) is 32.6 Å². The number of hydrogen-bond donors (Lipinski definition) is 0. The summed E-state index contributed by atoms with van der Waals surface area (Å²) in [6.07, 6.45) is 4.17. The largest absolute Gasteiger partial charge is 0.159 e. The molecule has 0 radical (unpaired) electrons. The lowest BCUT2D eigenvalue weighted by atomic mass is 10.3. The van der Waals surface area contributed by atoms with Crippen LogP contribution in [-0.4, -0.2) is 10.2 Å². The molecule has 2 nitrogen and oxygen atoms in total. The second-order valence-corrected chi connectivity index (χ2v) is 1.79. The van der Waals surface area contributed by atoms with Crippen molar-refractivity contribution in [3.05, 3.63) is 24.0 Å². The molecule has 0 N–H and O–H groups in total. The molecule has 0 amide bonds. The summed E-state index contributed by atoms with van der Waals surface area (Å²) in [7, 11) is 0. The second kappa shape index (κ2) is 7.74. The van der Waals surface area contributed by atoms with Crippen molar-refractivity contribution in [1.29, 1.82) is 0 Å². The van der Waals surface area contributed by atoms with E-state index < -0.39 is 0 Å². The van der Waals surface area contributed by atoms with Crippen molar-refractivity contribution >= 4 is 0 Å². The monoisotopic (exact) mass is 162 g/mol. The van der Waals surface area contributed by atoms with Gasteiger partial charge in [0.15, 0.2) is 0 Å². The van der Waals surface area contributed by atoms with Crippen molar-refractivity contribution in [2.24, 2.45) is 0 Å². The molecule has 0 aliphatic heterocycles. The molecular formula is C10H14N2. The predicted octanol–water partition coefficient (Wildman–Crippen LogP) is 2.26. The Morgan fingerprint density at radius 2 is 2.08 bits per heavy atom. The Morgan fingerprint density at radius 3 is 2.58 bits per heavy atom. The van der Waals surface area contributed by atoms with Crippen LogP contribution in [0.15, 0.2) is 18.5 Å². The minimum Gasteiger partial charge on any atom is -0.159 e. The highest BCUT2D eigenvalue weighted by Gasteiger charge is 1.80. The average Bonchev–Trinajstić information content (AvgIpc) is 2.19. The molecule has 0 saturated heterocycles. The van der Waals surface area contributed by atoms with Crippen LogP contribution in [0, 0.1) is 11.8 Å². The molecule has 0 aliphatic carbocycles. The van der Waals surface area contributed by atoms with Gasteiger partial charge >= 0.3 is 0 Å². The van der Waals surface area contributed by atoms with E-state index in [1.807, 2.05) is 26.8 Å². The van der Waals surface area contributed by atoms with E-state index >= 15 is 0 Å². The van der Waals surface area contributed by atoms with E-state index in [1.54, 1.807) is 12.4 Å². The molecule has 1 rings (SSSR count). The van der Waals surface area contributed by atoms with Gasteiger partial charge in [-0.25, -0.2) is 0 Å². The Labute approximate surface area is 74.0 Å². The van der Waals surface area contributed by atoms with Gasteiger partial charge in [0.2, 0.25) is 0 Å². The minimum atomic E-state index is 0.877. The first-order valence-electron chi connectivity index (χ1n) is 4.19. The zero-order valence-electron chi connectivity index (χ0n) is 7.83. The SMILES string of the molecule is CC.CCC#Cc1ccnnc1. The van der Waals surface area contributed by atoms with Gasteiger partial charge in [-0.05, 0) is 6.07 Å². The summed E-state index contributed by atoms with van der Waals surface area (Å²) in [4.78, 5) is 0. The Bertz CT molecular complexity index is 244. The third-order valence-corrected chi connectivity index (χ3v) is 0.994. The number of aromatic nitrogens is 2. The van der Waals surface area contributed by atoms with Crippen LogP contribution in [0.2, 0.25) is 0 Å². The van der Waals surface area contributed by atoms with Crippen LogP contribution in [0.5, 0.6) is 0 Å². The van der Waals surface area contributed by atoms with Gasteiger partial charge < -0.3 is 0 Å². The molecule has 0 bridgehead atoms. The first-order valence-corrected chi connectivity index (χ1v) is 4.19. The van der Waals surface area contributed by atoms with Crippen molar-refractivity contribution in [2.45, 2.75) is 27.2 Å². The molecule has 1 aromatic heterocycles. The van der Waals surface area contributed by atoms with Gasteiger partial charge in [0, 0.05) is 12.0 Å². The van der Waals surface area contributed by atoms with E-state index in [1.165, 1.54) is 0 Å². The molecular weight excluding hydrogens is 148 g/mol. The number of hydrogen-bond acceptors (Lipinski definition) is 2. The van der Waals surface area contributed by atoms with Crippen molar-refractivity contribution in [3.8, 4) is 11.8 Å². The maximum Gasteiger partial charge on any atom is 0.0652 e. The first-order chi connectivity index (χ1) is 5.93. The summed E-state index contributed by atoms with van der Waals surface area (Å²) < 4.78 is 0. The maximum absolute atomic E-state index is 3.69. The molecule has 2 heteroatoms. The van der Waals surface area contributed by atoms with Crippen LogP contribution in [0.1, 0.15) is 32.8 Å². The molecule has 0 aliphatic rings. The first kappa shape index (κ1) is 10.6. The highest BCUT2D eigenvalue weighted by Crippen LogP contribution is 1.88. The molecule has 64 valence electrons. The van der Waals surface area contributed by atoms with Crippen LogP contribution < -0.4 is 0 Å². The zero-order valence-corrected chi connectivity index (χ0v) is 7.83. The Balaban J connectivity index is 0.000000561. The molecule has 12 heavy (non-hydrogen) atoms. The van der Waals surface area contributed by atoms with E-state index in [-0.39, 0.29) is 0 Å². The van der Waals surface area contributed by atoms with Crippen LogP contribution >= 0.6 is 0 Å². The summed E-state index contributed by atoms with van der Waals surface area (Å²) in [6, 6.07) is 1.84. The lowest BCUT2D eigenvalue weighted by Gasteiger charge is -1.82. The zero-order chi connectivity index (χ0) is 9.23. The standard InChI is InChI=1S/C8H8N2.C2H6/c1-2-3-4-8-5-6-9-10-7-8;1-2/h5-7H,2H2,1H3;1-2H3. The van der Waals surface area contributed by atoms with E-state index in [4.69, 9.17) is 0 Å². The molecule has 0 aromatic carbocycles. The average molecular weight is 162 g/mol. The number of nitrogens with zero attached hydrogens (tertiary/aromatic N) is 2. The van der Waals surface area contributed by atoms with Crippen molar-refractivity contribution in [2.75, 3.05) is 0 Å². The molecule has 0 spiro atoms. The van der Waals surface area contributed by atoms with Crippen molar-refractivity contribution in [1.82, 2.24) is 10.2 Å². The second-order valence-electron chi connectivity index (χ2n) is 1.79. The van der Waals surface area contributed by atoms with E-state index in [9.17, 15) is 0 Å². The van der Waals surface area contributed by atoms with Gasteiger partial charge in [0.05, 0.1) is 12.4 Å². The van der Waals surface area contributed by atoms with Crippen LogP contribution in [0.25, 0.3) is 0 Å². The summed E-state index contributed by atoms with van der Waals surface area (Å²) >= 11 is 0. The van der Waals surface area contributed by atoms with Crippen LogP contribution in [0.4, 0.5) is 0 Å². The predicted molar refractivity (Wildman–Crippen MR) is 50.5 cm³/mol. The smallest absolute Gasteiger partial charge is 0.0652 e. The summed E-state index contributed by atoms with van der Waals surface area (Å²) in [6.45, 7) is 6.02. The summed E-state index contributed by atoms with van der Waals surface area (Å²) in [5.74, 6) is 5.89. The Kier molecular flexibility index (Phi) is 6.87. The highest BCUT2D eigenvalue weighted by atomic mass is 15.1. The molecule has 1 aromatic rings. The fourth-order valence-corrected chi connectivity index (χ4v) is 0.555. The molecule has 0 atom stereocenters. The van der Waals surface area contributed by atoms with Gasteiger partial charge in [0.1, 0.15) is 0 Å². The van der Waals surface area contributed by atoms with Gasteiger partial charge in [-0.3, -0.25) is 0 Å². The summed E-state index contributed by atoms with van der Waals surface area (Å²) in [5.41, 5.74) is 0.928. The van der Waals surface area contributed by atoms with Gasteiger partial charge in [-0.2, -0.15) is 10.2 Å². The normalized spacial score (nSPS) is 7.25. The van der Waals surface area contributed by atoms with E-state index in [2.05, 4.69) is 22.0 Å². The topological polar surface area (TPSA) is 25.8 Å². The fourth-order valence-electron chi connectivity index (χ4n) is 0.555. The fraction of sp³-hybridized carbons (Fsp3) is 0.400. The Morgan fingerprint density at radius 1 is 1.33 bits per heavy atom. The quantitative estimate of drug-likeness (QED) is 0.547. The lowest BCUT2D eigenvalue weighted by molar-refractivity contribution is 1.03. The summed E-state index contributed by atoms with van der Waals surface area (Å²) in [5, 5.41) is 7.32. The molecule has 0 fully saturated rings. The molecule has 0 unspecified atom stereocenters. The molecule has 0 saturated carbocycles. The van der Waals surface area contributed by atoms with E-state index in [0.29, 0.717) is 0 Å². The third kappa shape index (κ3) is 4.45. The van der Waals surface area contributed by atoms with Gasteiger partial charge in [0.25, 0.3) is 0 Å². The molecule has 1 heterocycles.